The first-order valence-corrected chi connectivity index (χ1v) is 16.8. The van der Waals surface area contributed by atoms with Gasteiger partial charge in [0.2, 0.25) is 0 Å². The Labute approximate surface area is 234 Å². The number of fused-ring (bicyclic) bond motifs is 1. The number of aromatic nitrogens is 2. The van der Waals surface area contributed by atoms with Crippen LogP contribution in [0.3, 0.4) is 0 Å². The number of anilines is 3. The number of rotatable bonds is 10. The highest BCUT2D eigenvalue weighted by Gasteiger charge is 2.37. The summed E-state index contributed by atoms with van der Waals surface area (Å²) in [6.07, 6.45) is 4.08. The van der Waals surface area contributed by atoms with Gasteiger partial charge in [-0.25, -0.2) is 4.98 Å². The van der Waals surface area contributed by atoms with E-state index < -0.39 is 8.32 Å². The van der Waals surface area contributed by atoms with Crippen LogP contribution in [-0.2, 0) is 4.43 Å². The molecule has 1 fully saturated rings. The van der Waals surface area contributed by atoms with E-state index >= 15 is 0 Å². The molecule has 0 bridgehead atoms. The van der Waals surface area contributed by atoms with Gasteiger partial charge in [-0.3, -0.25) is 4.98 Å². The molecule has 2 heterocycles. The smallest absolute Gasteiger partial charge is 0.192 e. The average molecular weight is 552 g/mol. The second-order valence-corrected chi connectivity index (χ2v) is 16.7. The van der Waals surface area contributed by atoms with Gasteiger partial charge in [-0.2, -0.15) is 0 Å². The molecule has 8 nitrogen and oxygen atoms in total. The zero-order chi connectivity index (χ0) is 28.2. The SMILES string of the molecule is COc1cc(OC)cc(N(CCO[Si](C)(C)C(C)(C)C)c2ccc3ncc(N4CCC(CN)CC4)nc3c2)c1. The van der Waals surface area contributed by atoms with E-state index in [4.69, 9.17) is 29.6 Å². The number of hydrogen-bond donors (Lipinski definition) is 1. The first-order chi connectivity index (χ1) is 18.5. The van der Waals surface area contributed by atoms with E-state index in [1.165, 1.54) is 0 Å². The Morgan fingerprint density at radius 2 is 1.64 bits per heavy atom. The summed E-state index contributed by atoms with van der Waals surface area (Å²) in [6, 6.07) is 12.2. The van der Waals surface area contributed by atoms with Crippen LogP contribution in [0.5, 0.6) is 11.5 Å². The van der Waals surface area contributed by atoms with Crippen molar-refractivity contribution in [1.82, 2.24) is 9.97 Å². The average Bonchev–Trinajstić information content (AvgIpc) is 2.93. The number of benzene rings is 2. The van der Waals surface area contributed by atoms with Gasteiger partial charge >= 0.3 is 0 Å². The van der Waals surface area contributed by atoms with E-state index in [-0.39, 0.29) is 5.04 Å². The molecule has 1 saturated heterocycles. The fraction of sp³-hybridized carbons (Fsp3) is 0.533. The van der Waals surface area contributed by atoms with Crippen LogP contribution in [0.1, 0.15) is 33.6 Å². The monoisotopic (exact) mass is 551 g/mol. The van der Waals surface area contributed by atoms with E-state index in [9.17, 15) is 0 Å². The van der Waals surface area contributed by atoms with E-state index in [0.717, 1.165) is 72.2 Å². The number of ether oxygens (including phenoxy) is 2. The number of nitrogens with two attached hydrogens (primary N) is 1. The molecule has 0 atom stereocenters. The Morgan fingerprint density at radius 1 is 0.974 bits per heavy atom. The lowest BCUT2D eigenvalue weighted by molar-refractivity contribution is 0.297. The lowest BCUT2D eigenvalue weighted by Gasteiger charge is -2.37. The van der Waals surface area contributed by atoms with Crippen molar-refractivity contribution in [1.29, 1.82) is 0 Å². The van der Waals surface area contributed by atoms with Crippen LogP contribution in [0, 0.1) is 5.92 Å². The summed E-state index contributed by atoms with van der Waals surface area (Å²) in [5, 5.41) is 0.143. The minimum Gasteiger partial charge on any atom is -0.497 e. The predicted octanol–water partition coefficient (Wildman–Crippen LogP) is 5.98. The molecule has 0 aliphatic carbocycles. The van der Waals surface area contributed by atoms with Crippen molar-refractivity contribution in [3.8, 4) is 11.5 Å². The minimum absolute atomic E-state index is 0.143. The van der Waals surface area contributed by atoms with Crippen LogP contribution in [0.2, 0.25) is 18.1 Å². The number of hydrogen-bond acceptors (Lipinski definition) is 8. The second-order valence-electron chi connectivity index (χ2n) is 11.9. The molecule has 212 valence electrons. The predicted molar refractivity (Wildman–Crippen MR) is 163 cm³/mol. The first-order valence-electron chi connectivity index (χ1n) is 13.9. The van der Waals surface area contributed by atoms with E-state index in [0.29, 0.717) is 19.1 Å². The molecule has 9 heteroatoms. The van der Waals surface area contributed by atoms with Crippen molar-refractivity contribution < 1.29 is 13.9 Å². The highest BCUT2D eigenvalue weighted by molar-refractivity contribution is 6.74. The summed E-state index contributed by atoms with van der Waals surface area (Å²) in [5.74, 6) is 3.00. The van der Waals surface area contributed by atoms with Crippen LogP contribution >= 0.6 is 0 Å². The molecule has 0 saturated carbocycles. The molecule has 0 unspecified atom stereocenters. The summed E-state index contributed by atoms with van der Waals surface area (Å²) in [7, 11) is 1.45. The van der Waals surface area contributed by atoms with Gasteiger partial charge in [0, 0.05) is 49.2 Å². The maximum atomic E-state index is 6.58. The Bertz CT molecular complexity index is 1230. The minimum atomic E-state index is -1.90. The molecule has 3 aromatic rings. The topological polar surface area (TPSA) is 86.0 Å². The van der Waals surface area contributed by atoms with Gasteiger partial charge in [-0.15, -0.1) is 0 Å². The number of methoxy groups -OCH3 is 2. The fourth-order valence-electron chi connectivity index (χ4n) is 4.67. The van der Waals surface area contributed by atoms with Crippen LogP contribution in [0.25, 0.3) is 11.0 Å². The molecule has 1 aliphatic rings. The molecular weight excluding hydrogens is 506 g/mol. The van der Waals surface area contributed by atoms with E-state index in [1.807, 2.05) is 30.5 Å². The highest BCUT2D eigenvalue weighted by Crippen LogP contribution is 2.38. The molecule has 4 rings (SSSR count). The Hall–Kier alpha value is -2.88. The van der Waals surface area contributed by atoms with E-state index in [2.05, 4.69) is 55.8 Å². The van der Waals surface area contributed by atoms with Crippen molar-refractivity contribution in [3.63, 3.8) is 0 Å². The van der Waals surface area contributed by atoms with Gasteiger partial charge in [0.1, 0.15) is 17.3 Å². The summed E-state index contributed by atoms with van der Waals surface area (Å²) in [4.78, 5) is 14.3. The van der Waals surface area contributed by atoms with Crippen molar-refractivity contribution >= 4 is 36.5 Å². The van der Waals surface area contributed by atoms with Crippen molar-refractivity contribution in [2.24, 2.45) is 11.7 Å². The van der Waals surface area contributed by atoms with Crippen LogP contribution in [-0.4, -0.2) is 65.3 Å². The van der Waals surface area contributed by atoms with Crippen molar-refractivity contribution in [2.75, 3.05) is 56.8 Å². The number of nitrogens with zero attached hydrogens (tertiary/aromatic N) is 4. The van der Waals surface area contributed by atoms with Crippen LogP contribution in [0.4, 0.5) is 17.2 Å². The third kappa shape index (κ3) is 6.83. The molecule has 1 aliphatic heterocycles. The lowest BCUT2D eigenvalue weighted by Crippen LogP contribution is -2.42. The molecule has 2 N–H and O–H groups in total. The van der Waals surface area contributed by atoms with Crippen molar-refractivity contribution in [3.05, 3.63) is 42.6 Å². The zero-order valence-corrected chi connectivity index (χ0v) is 25.7. The summed E-state index contributed by atoms with van der Waals surface area (Å²) in [6.45, 7) is 15.3. The van der Waals surface area contributed by atoms with Gasteiger partial charge in [-0.1, -0.05) is 20.8 Å². The quantitative estimate of drug-likeness (QED) is 0.308. The molecule has 0 radical (unpaired) electrons. The molecule has 39 heavy (non-hydrogen) atoms. The molecule has 0 spiro atoms. The summed E-state index contributed by atoms with van der Waals surface area (Å²) >= 11 is 0. The molecule has 1 aromatic heterocycles. The molecular formula is C30H45N5O3Si. The largest absolute Gasteiger partial charge is 0.497 e. The normalized spacial score (nSPS) is 15.0. The Morgan fingerprint density at radius 3 is 2.23 bits per heavy atom. The summed E-state index contributed by atoms with van der Waals surface area (Å²) in [5.41, 5.74) is 9.63. The van der Waals surface area contributed by atoms with Gasteiger partial charge in [0.05, 0.1) is 38.1 Å². The van der Waals surface area contributed by atoms with Crippen molar-refractivity contribution in [2.45, 2.75) is 51.7 Å². The molecule has 2 aromatic carbocycles. The Kier molecular flexibility index (Phi) is 9.03. The fourth-order valence-corrected chi connectivity index (χ4v) is 5.71. The third-order valence-electron chi connectivity index (χ3n) is 8.33. The lowest BCUT2D eigenvalue weighted by atomic mass is 9.97. The number of piperidine rings is 1. The maximum absolute atomic E-state index is 6.58. The maximum Gasteiger partial charge on any atom is 0.192 e. The standard InChI is InChI=1S/C30H45N5O3Si/c1-30(2,3)39(6,7)38-15-14-35(24-16-25(36-4)19-26(17-24)37-5)23-8-9-27-28(18-23)33-29(21-32-27)34-12-10-22(20-31)11-13-34/h8-9,16-19,21-22H,10-15,20,31H2,1-7H3. The van der Waals surface area contributed by atoms with Crippen LogP contribution < -0.4 is 25.0 Å². The first kappa shape index (κ1) is 29.1. The summed E-state index contributed by atoms with van der Waals surface area (Å²) < 4.78 is 17.8. The van der Waals surface area contributed by atoms with Gasteiger partial charge in [-0.05, 0) is 61.6 Å². The Balaban J connectivity index is 1.67. The van der Waals surface area contributed by atoms with E-state index in [1.54, 1.807) is 14.2 Å². The van der Waals surface area contributed by atoms with Gasteiger partial charge in [0.25, 0.3) is 0 Å². The zero-order valence-electron chi connectivity index (χ0n) is 24.7. The third-order valence-corrected chi connectivity index (χ3v) is 12.9. The second kappa shape index (κ2) is 12.1. The van der Waals surface area contributed by atoms with Gasteiger partial charge < -0.3 is 29.4 Å². The molecule has 0 amide bonds. The highest BCUT2D eigenvalue weighted by atomic mass is 28.4. The van der Waals surface area contributed by atoms with Crippen LogP contribution in [0.15, 0.2) is 42.6 Å². The van der Waals surface area contributed by atoms with Gasteiger partial charge in [0.15, 0.2) is 8.32 Å².